The van der Waals surface area contributed by atoms with E-state index in [0.29, 0.717) is 22.1 Å². The van der Waals surface area contributed by atoms with Crippen molar-refractivity contribution < 1.29 is 4.79 Å². The molecule has 0 bridgehead atoms. The van der Waals surface area contributed by atoms with Crippen LogP contribution < -0.4 is 5.32 Å². The summed E-state index contributed by atoms with van der Waals surface area (Å²) >= 11 is 5.77. The number of hydrogen-bond acceptors (Lipinski definition) is 3. The van der Waals surface area contributed by atoms with Gasteiger partial charge in [0.05, 0.1) is 11.8 Å². The van der Waals surface area contributed by atoms with Gasteiger partial charge in [-0.1, -0.05) is 11.6 Å². The van der Waals surface area contributed by atoms with Gasteiger partial charge in [0.1, 0.15) is 5.82 Å². The van der Waals surface area contributed by atoms with Crippen LogP contribution in [0.3, 0.4) is 0 Å². The number of nitrogens with zero attached hydrogens (tertiary/aromatic N) is 2. The fraction of sp³-hybridized carbons (Fsp3) is 0.100. The molecular weight excluding hydrogens is 228 g/mol. The van der Waals surface area contributed by atoms with E-state index in [4.69, 9.17) is 11.6 Å². The Morgan fingerprint density at radius 1 is 1.56 bits per heavy atom. The summed E-state index contributed by atoms with van der Waals surface area (Å²) < 4.78 is 0. The molecule has 0 aliphatic carbocycles. The van der Waals surface area contributed by atoms with Gasteiger partial charge in [0.2, 0.25) is 0 Å². The Balaban J connectivity index is 2.17. The standard InChI is InChI=1S/C10H9ClN4O/c1-6-8(5-13-15-6)10(16)14-9-4-7(11)2-3-12-9/h2-5H,1H3,(H,13,15)(H,12,14,16). The molecule has 0 fully saturated rings. The third-order valence-corrected chi connectivity index (χ3v) is 2.27. The van der Waals surface area contributed by atoms with Gasteiger partial charge in [-0.05, 0) is 19.1 Å². The van der Waals surface area contributed by atoms with Crippen molar-refractivity contribution in [2.45, 2.75) is 6.92 Å². The number of H-pyrrole nitrogens is 1. The summed E-state index contributed by atoms with van der Waals surface area (Å²) in [5.41, 5.74) is 1.20. The minimum Gasteiger partial charge on any atom is -0.306 e. The number of carbonyl (C=O) groups excluding carboxylic acids is 1. The number of halogens is 1. The van der Waals surface area contributed by atoms with E-state index in [1.807, 2.05) is 0 Å². The van der Waals surface area contributed by atoms with Gasteiger partial charge < -0.3 is 5.32 Å². The van der Waals surface area contributed by atoms with Crippen molar-refractivity contribution in [2.24, 2.45) is 0 Å². The monoisotopic (exact) mass is 236 g/mol. The fourth-order valence-electron chi connectivity index (χ4n) is 1.24. The topological polar surface area (TPSA) is 70.7 Å². The van der Waals surface area contributed by atoms with Crippen LogP contribution in [0.2, 0.25) is 5.02 Å². The quantitative estimate of drug-likeness (QED) is 0.838. The van der Waals surface area contributed by atoms with Crippen LogP contribution in [0, 0.1) is 6.92 Å². The minimum atomic E-state index is -0.263. The Bertz CT molecular complexity index is 523. The molecule has 0 saturated heterocycles. The average Bonchev–Trinajstić information content (AvgIpc) is 2.64. The SMILES string of the molecule is Cc1[nH]ncc1C(=O)Nc1cc(Cl)ccn1. The van der Waals surface area contributed by atoms with Crippen molar-refractivity contribution in [3.8, 4) is 0 Å². The largest absolute Gasteiger partial charge is 0.306 e. The minimum absolute atomic E-state index is 0.263. The Labute approximate surface area is 96.8 Å². The van der Waals surface area contributed by atoms with Gasteiger partial charge in [-0.3, -0.25) is 9.89 Å². The molecular formula is C10H9ClN4O. The van der Waals surface area contributed by atoms with Gasteiger partial charge in [0.15, 0.2) is 0 Å². The molecule has 0 aliphatic rings. The predicted molar refractivity (Wildman–Crippen MR) is 60.5 cm³/mol. The van der Waals surface area contributed by atoms with E-state index in [0.717, 1.165) is 0 Å². The highest BCUT2D eigenvalue weighted by Gasteiger charge is 2.11. The zero-order valence-electron chi connectivity index (χ0n) is 8.49. The number of nitrogens with one attached hydrogen (secondary N) is 2. The lowest BCUT2D eigenvalue weighted by Crippen LogP contribution is -2.13. The summed E-state index contributed by atoms with van der Waals surface area (Å²) in [4.78, 5) is 15.7. The summed E-state index contributed by atoms with van der Waals surface area (Å²) in [6, 6.07) is 3.22. The maximum absolute atomic E-state index is 11.8. The highest BCUT2D eigenvalue weighted by molar-refractivity contribution is 6.30. The average molecular weight is 237 g/mol. The predicted octanol–water partition coefficient (Wildman–Crippen LogP) is 2.02. The van der Waals surface area contributed by atoms with Crippen molar-refractivity contribution in [3.63, 3.8) is 0 Å². The Morgan fingerprint density at radius 2 is 2.38 bits per heavy atom. The first-order valence-corrected chi connectivity index (χ1v) is 4.97. The molecule has 5 nitrogen and oxygen atoms in total. The summed E-state index contributed by atoms with van der Waals surface area (Å²) in [5.74, 6) is 0.152. The molecule has 6 heteroatoms. The molecule has 0 radical (unpaired) electrons. The van der Waals surface area contributed by atoms with Gasteiger partial charge in [-0.15, -0.1) is 0 Å². The maximum atomic E-state index is 11.8. The Hall–Kier alpha value is -1.88. The molecule has 1 amide bonds. The first-order chi connectivity index (χ1) is 7.66. The smallest absolute Gasteiger partial charge is 0.260 e. The third kappa shape index (κ3) is 2.20. The van der Waals surface area contributed by atoms with E-state index in [1.54, 1.807) is 19.1 Å². The summed E-state index contributed by atoms with van der Waals surface area (Å²) in [7, 11) is 0. The number of aryl methyl sites for hydroxylation is 1. The molecule has 2 heterocycles. The number of rotatable bonds is 2. The lowest BCUT2D eigenvalue weighted by molar-refractivity contribution is 0.102. The van der Waals surface area contributed by atoms with E-state index < -0.39 is 0 Å². The van der Waals surface area contributed by atoms with E-state index in [-0.39, 0.29) is 5.91 Å². The zero-order chi connectivity index (χ0) is 11.5. The molecule has 2 aromatic rings. The fourth-order valence-corrected chi connectivity index (χ4v) is 1.40. The zero-order valence-corrected chi connectivity index (χ0v) is 9.25. The van der Waals surface area contributed by atoms with Crippen LogP contribution in [0.15, 0.2) is 24.5 Å². The molecule has 0 saturated carbocycles. The molecule has 0 unspecified atom stereocenters. The van der Waals surface area contributed by atoms with Crippen LogP contribution in [0.25, 0.3) is 0 Å². The third-order valence-electron chi connectivity index (χ3n) is 2.04. The van der Waals surface area contributed by atoms with E-state index >= 15 is 0 Å². The molecule has 0 atom stereocenters. The van der Waals surface area contributed by atoms with Crippen LogP contribution in [0.1, 0.15) is 16.1 Å². The Morgan fingerprint density at radius 3 is 3.00 bits per heavy atom. The van der Waals surface area contributed by atoms with Gasteiger partial charge in [0, 0.05) is 16.9 Å². The molecule has 2 aromatic heterocycles. The number of carbonyl (C=O) groups is 1. The number of hydrogen-bond donors (Lipinski definition) is 2. The van der Waals surface area contributed by atoms with Gasteiger partial charge in [-0.25, -0.2) is 4.98 Å². The Kier molecular flexibility index (Phi) is 2.87. The second-order valence-electron chi connectivity index (χ2n) is 3.22. The van der Waals surface area contributed by atoms with E-state index in [1.165, 1.54) is 12.4 Å². The lowest BCUT2D eigenvalue weighted by atomic mass is 10.2. The molecule has 0 aliphatic heterocycles. The van der Waals surface area contributed by atoms with E-state index in [2.05, 4.69) is 20.5 Å². The summed E-state index contributed by atoms with van der Waals surface area (Å²) in [6.45, 7) is 1.77. The maximum Gasteiger partial charge on any atom is 0.260 e. The van der Waals surface area contributed by atoms with Gasteiger partial charge in [0.25, 0.3) is 5.91 Å². The number of aromatic amines is 1. The lowest BCUT2D eigenvalue weighted by Gasteiger charge is -2.03. The van der Waals surface area contributed by atoms with Crippen molar-refractivity contribution >= 4 is 23.3 Å². The summed E-state index contributed by atoms with van der Waals surface area (Å²) in [5, 5.41) is 9.61. The second kappa shape index (κ2) is 4.32. The number of aromatic nitrogens is 3. The highest BCUT2D eigenvalue weighted by Crippen LogP contribution is 2.13. The highest BCUT2D eigenvalue weighted by atomic mass is 35.5. The van der Waals surface area contributed by atoms with E-state index in [9.17, 15) is 4.79 Å². The molecule has 0 aromatic carbocycles. The second-order valence-corrected chi connectivity index (χ2v) is 3.66. The van der Waals surface area contributed by atoms with Crippen molar-refractivity contribution in [1.82, 2.24) is 15.2 Å². The van der Waals surface area contributed by atoms with Crippen molar-refractivity contribution in [2.75, 3.05) is 5.32 Å². The van der Waals surface area contributed by atoms with Crippen LogP contribution in [0.5, 0.6) is 0 Å². The first kappa shape index (κ1) is 10.6. The van der Waals surface area contributed by atoms with Crippen LogP contribution in [0.4, 0.5) is 5.82 Å². The van der Waals surface area contributed by atoms with Gasteiger partial charge in [-0.2, -0.15) is 5.10 Å². The molecule has 16 heavy (non-hydrogen) atoms. The van der Waals surface area contributed by atoms with Crippen LogP contribution >= 0.6 is 11.6 Å². The molecule has 2 N–H and O–H groups in total. The number of anilines is 1. The normalized spacial score (nSPS) is 10.1. The van der Waals surface area contributed by atoms with Crippen molar-refractivity contribution in [1.29, 1.82) is 0 Å². The molecule has 2 rings (SSSR count). The molecule has 0 spiro atoms. The molecule has 82 valence electrons. The van der Waals surface area contributed by atoms with Crippen molar-refractivity contribution in [3.05, 3.63) is 40.8 Å². The number of pyridine rings is 1. The van der Waals surface area contributed by atoms with Crippen LogP contribution in [-0.4, -0.2) is 21.1 Å². The summed E-state index contributed by atoms with van der Waals surface area (Å²) in [6.07, 6.45) is 3.00. The number of amides is 1. The first-order valence-electron chi connectivity index (χ1n) is 4.59. The van der Waals surface area contributed by atoms with Gasteiger partial charge >= 0.3 is 0 Å². The van der Waals surface area contributed by atoms with Crippen LogP contribution in [-0.2, 0) is 0 Å².